The van der Waals surface area contributed by atoms with Crippen LogP contribution in [-0.4, -0.2) is 39.5 Å². The minimum Gasteiger partial charge on any atom is -0.356 e. The van der Waals surface area contributed by atoms with Crippen molar-refractivity contribution in [3.8, 4) is 0 Å². The number of nitrogens with one attached hydrogen (secondary N) is 1. The molecule has 0 bridgehead atoms. The quantitative estimate of drug-likeness (QED) is 0.534. The maximum absolute atomic E-state index is 11.9. The molecule has 1 saturated carbocycles. The summed E-state index contributed by atoms with van der Waals surface area (Å²) >= 11 is 0. The lowest BCUT2D eigenvalue weighted by molar-refractivity contribution is -0.121. The van der Waals surface area contributed by atoms with E-state index in [9.17, 15) is 4.79 Å². The molecule has 0 aliphatic heterocycles. The zero-order chi connectivity index (χ0) is 17.3. The number of carbonyl (C=O) groups excluding carboxylic acids is 1. The van der Waals surface area contributed by atoms with Crippen LogP contribution >= 0.6 is 0 Å². The summed E-state index contributed by atoms with van der Waals surface area (Å²) in [5.41, 5.74) is 2.12. The minimum atomic E-state index is 0.104. The Morgan fingerprint density at radius 1 is 1.36 bits per heavy atom. The van der Waals surface area contributed by atoms with Crippen LogP contribution in [0.5, 0.6) is 0 Å². The highest BCUT2D eigenvalue weighted by molar-refractivity contribution is 5.79. The van der Waals surface area contributed by atoms with E-state index in [0.717, 1.165) is 37.1 Å². The molecule has 2 heterocycles. The summed E-state index contributed by atoms with van der Waals surface area (Å²) in [6.07, 6.45) is 12.9. The van der Waals surface area contributed by atoms with Gasteiger partial charge in [0.1, 0.15) is 0 Å². The molecule has 132 valence electrons. The number of amides is 1. The summed E-state index contributed by atoms with van der Waals surface area (Å²) in [6, 6.07) is 6.48. The zero-order valence-corrected chi connectivity index (χ0v) is 14.5. The first-order valence-electron chi connectivity index (χ1n) is 9.02. The van der Waals surface area contributed by atoms with Gasteiger partial charge in [-0.2, -0.15) is 5.10 Å². The first-order chi connectivity index (χ1) is 12.3. The van der Waals surface area contributed by atoms with E-state index in [1.165, 1.54) is 12.8 Å². The third kappa shape index (κ3) is 6.49. The molecule has 3 rings (SSSR count). The molecule has 0 unspecified atom stereocenters. The second-order valence-corrected chi connectivity index (χ2v) is 6.42. The molecule has 1 fully saturated rings. The maximum Gasteiger partial charge on any atom is 0.220 e. The van der Waals surface area contributed by atoms with Crippen LogP contribution in [-0.2, 0) is 17.8 Å². The average molecular weight is 339 g/mol. The van der Waals surface area contributed by atoms with Crippen LogP contribution in [0.1, 0.15) is 43.4 Å². The van der Waals surface area contributed by atoms with Crippen LogP contribution in [0.2, 0.25) is 0 Å². The van der Waals surface area contributed by atoms with Gasteiger partial charge in [0.15, 0.2) is 0 Å². The third-order valence-corrected chi connectivity index (χ3v) is 4.10. The van der Waals surface area contributed by atoms with Crippen LogP contribution in [0.4, 0.5) is 0 Å². The number of nitrogens with zero attached hydrogens (tertiary/aromatic N) is 4. The van der Waals surface area contributed by atoms with E-state index in [-0.39, 0.29) is 5.91 Å². The van der Waals surface area contributed by atoms with E-state index >= 15 is 0 Å². The molecule has 1 aliphatic rings. The van der Waals surface area contributed by atoms with E-state index < -0.39 is 0 Å². The lowest BCUT2D eigenvalue weighted by Gasteiger charge is -2.06. The van der Waals surface area contributed by atoms with E-state index in [2.05, 4.69) is 26.5 Å². The molecule has 0 spiro atoms. The molecule has 6 heteroatoms. The van der Waals surface area contributed by atoms with Gasteiger partial charge in [-0.05, 0) is 55.9 Å². The van der Waals surface area contributed by atoms with Gasteiger partial charge in [0.25, 0.3) is 0 Å². The van der Waals surface area contributed by atoms with Crippen molar-refractivity contribution >= 4 is 12.1 Å². The summed E-state index contributed by atoms with van der Waals surface area (Å²) in [5, 5.41) is 7.10. The average Bonchev–Trinajstić information content (AvgIpc) is 3.31. The van der Waals surface area contributed by atoms with E-state index in [0.29, 0.717) is 19.0 Å². The van der Waals surface area contributed by atoms with E-state index in [1.54, 1.807) is 6.20 Å². The monoisotopic (exact) mass is 339 g/mol. The van der Waals surface area contributed by atoms with Crippen molar-refractivity contribution in [1.82, 2.24) is 20.1 Å². The Balaban J connectivity index is 1.30. The first-order valence-corrected chi connectivity index (χ1v) is 9.02. The summed E-state index contributed by atoms with van der Waals surface area (Å²) in [4.78, 5) is 20.7. The predicted octanol–water partition coefficient (Wildman–Crippen LogP) is 2.39. The number of hydrogen-bond donors (Lipinski definition) is 1. The molecule has 2 aromatic heterocycles. The van der Waals surface area contributed by atoms with Gasteiger partial charge in [-0.25, -0.2) is 0 Å². The van der Waals surface area contributed by atoms with Gasteiger partial charge in [0, 0.05) is 50.0 Å². The van der Waals surface area contributed by atoms with Crippen LogP contribution in [0.15, 0.2) is 41.8 Å². The Bertz CT molecular complexity index is 692. The number of pyridine rings is 1. The van der Waals surface area contributed by atoms with Crippen molar-refractivity contribution in [2.24, 2.45) is 4.99 Å². The summed E-state index contributed by atoms with van der Waals surface area (Å²) in [5.74, 6) is 0.104. The number of aliphatic imine (C=N–C) groups is 1. The number of carbonyl (C=O) groups is 1. The summed E-state index contributed by atoms with van der Waals surface area (Å²) in [6.45, 7) is 1.51. The Hall–Kier alpha value is -2.50. The van der Waals surface area contributed by atoms with Crippen molar-refractivity contribution < 1.29 is 4.79 Å². The molecule has 0 atom stereocenters. The highest BCUT2D eigenvalue weighted by Crippen LogP contribution is 2.23. The van der Waals surface area contributed by atoms with Crippen LogP contribution in [0.25, 0.3) is 0 Å². The Morgan fingerprint density at radius 3 is 3.08 bits per heavy atom. The van der Waals surface area contributed by atoms with Crippen LogP contribution in [0, 0.1) is 0 Å². The molecule has 2 aromatic rings. The topological polar surface area (TPSA) is 72.2 Å². The fraction of sp³-hybridized carbons (Fsp3) is 0.474. The van der Waals surface area contributed by atoms with E-state index in [4.69, 9.17) is 0 Å². The van der Waals surface area contributed by atoms with Gasteiger partial charge in [0.2, 0.25) is 5.91 Å². The number of aryl methyl sites for hydroxylation is 2. The van der Waals surface area contributed by atoms with Gasteiger partial charge in [-0.3, -0.25) is 19.5 Å². The largest absolute Gasteiger partial charge is 0.356 e. The van der Waals surface area contributed by atoms with Crippen molar-refractivity contribution in [2.75, 3.05) is 6.54 Å². The van der Waals surface area contributed by atoms with Crippen molar-refractivity contribution in [3.63, 3.8) is 0 Å². The molecule has 0 saturated heterocycles. The molecular formula is C19H25N5O. The Morgan fingerprint density at radius 2 is 2.28 bits per heavy atom. The third-order valence-electron chi connectivity index (χ3n) is 4.10. The molecule has 1 amide bonds. The molecule has 0 aromatic carbocycles. The summed E-state index contributed by atoms with van der Waals surface area (Å²) < 4.78 is 1.87. The maximum atomic E-state index is 11.9. The standard InChI is InChI=1S/C19H25N5O/c25-19(21-9-2-12-24-13-3-10-23-24)5-1-4-18-14-16(8-11-20-18)15-22-17-6-7-17/h3,8,10-11,13-15,17H,1-2,4-7,9,12H2,(H,21,25). The molecule has 6 nitrogen and oxygen atoms in total. The SMILES string of the molecule is O=C(CCCc1cc(C=NC2CC2)ccn1)NCCCn1cccn1. The van der Waals surface area contributed by atoms with Crippen molar-refractivity contribution in [1.29, 1.82) is 0 Å². The first kappa shape index (κ1) is 17.3. The van der Waals surface area contributed by atoms with Crippen LogP contribution in [0.3, 0.4) is 0 Å². The highest BCUT2D eigenvalue weighted by atomic mass is 16.1. The van der Waals surface area contributed by atoms with Gasteiger partial charge < -0.3 is 5.32 Å². The zero-order valence-electron chi connectivity index (χ0n) is 14.5. The smallest absolute Gasteiger partial charge is 0.220 e. The minimum absolute atomic E-state index is 0.104. The van der Waals surface area contributed by atoms with Crippen LogP contribution < -0.4 is 5.32 Å². The van der Waals surface area contributed by atoms with Gasteiger partial charge in [0.05, 0.1) is 6.04 Å². The second-order valence-electron chi connectivity index (χ2n) is 6.42. The van der Waals surface area contributed by atoms with Gasteiger partial charge >= 0.3 is 0 Å². The number of hydrogen-bond acceptors (Lipinski definition) is 4. The van der Waals surface area contributed by atoms with Gasteiger partial charge in [-0.15, -0.1) is 0 Å². The van der Waals surface area contributed by atoms with E-state index in [1.807, 2.05) is 35.4 Å². The summed E-state index contributed by atoms with van der Waals surface area (Å²) in [7, 11) is 0. The molecule has 25 heavy (non-hydrogen) atoms. The molecule has 1 N–H and O–H groups in total. The Kier molecular flexibility index (Phi) is 6.31. The molecule has 1 aliphatic carbocycles. The number of aromatic nitrogens is 3. The number of rotatable bonds is 10. The lowest BCUT2D eigenvalue weighted by Crippen LogP contribution is -2.25. The lowest BCUT2D eigenvalue weighted by atomic mass is 10.1. The highest BCUT2D eigenvalue weighted by Gasteiger charge is 2.18. The van der Waals surface area contributed by atoms with Crippen molar-refractivity contribution in [2.45, 2.75) is 51.1 Å². The van der Waals surface area contributed by atoms with Crippen molar-refractivity contribution in [3.05, 3.63) is 48.0 Å². The fourth-order valence-corrected chi connectivity index (χ4v) is 2.55. The molecular weight excluding hydrogens is 314 g/mol. The normalized spacial score (nSPS) is 14.1. The van der Waals surface area contributed by atoms with Gasteiger partial charge in [-0.1, -0.05) is 0 Å². The fourth-order valence-electron chi connectivity index (χ4n) is 2.55. The second kappa shape index (κ2) is 9.11. The molecule has 0 radical (unpaired) electrons. The Labute approximate surface area is 148 Å². The predicted molar refractivity (Wildman–Crippen MR) is 97.6 cm³/mol.